The fraction of sp³-hybridized carbons (Fsp3) is 0.333. The molecule has 8 heteroatoms. The number of rotatable bonds is 4. The molecule has 1 amide bonds. The number of anilines is 1. The summed E-state index contributed by atoms with van der Waals surface area (Å²) in [5.41, 5.74) is 0.811. The van der Waals surface area contributed by atoms with E-state index in [0.29, 0.717) is 28.2 Å². The minimum absolute atomic E-state index is 0.00801. The average molecular weight is 431 g/mol. The molecule has 29 heavy (non-hydrogen) atoms. The number of benzene rings is 2. The van der Waals surface area contributed by atoms with Crippen molar-refractivity contribution in [3.8, 4) is 11.5 Å². The molecule has 1 aromatic heterocycles. The summed E-state index contributed by atoms with van der Waals surface area (Å²) in [6, 6.07) is 12.9. The van der Waals surface area contributed by atoms with Gasteiger partial charge < -0.3 is 14.2 Å². The van der Waals surface area contributed by atoms with Gasteiger partial charge in [0.1, 0.15) is 6.61 Å². The first-order valence-electron chi connectivity index (χ1n) is 9.55. The Bertz CT molecular complexity index is 1050. The van der Waals surface area contributed by atoms with Crippen molar-refractivity contribution in [2.75, 3.05) is 24.7 Å². The van der Waals surface area contributed by atoms with E-state index < -0.39 is 6.10 Å². The van der Waals surface area contributed by atoms with Gasteiger partial charge >= 0.3 is 0 Å². The van der Waals surface area contributed by atoms with Crippen molar-refractivity contribution in [2.24, 2.45) is 0 Å². The molecule has 2 aliphatic rings. The van der Waals surface area contributed by atoms with E-state index in [4.69, 9.17) is 25.8 Å². The standard InChI is InChI=1S/C21H19ClN2O4S/c22-13-7-8-15-19(10-13)29-21(23-15)24(11-14-4-3-9-26-14)20(25)18-12-27-16-5-1-2-6-17(16)28-18/h1-2,5-8,10,14,18H,3-4,9,11-12H2. The quantitative estimate of drug-likeness (QED) is 0.617. The van der Waals surface area contributed by atoms with Crippen molar-refractivity contribution in [3.63, 3.8) is 0 Å². The van der Waals surface area contributed by atoms with Crippen molar-refractivity contribution in [2.45, 2.75) is 25.0 Å². The monoisotopic (exact) mass is 430 g/mol. The number of halogens is 1. The molecule has 6 nitrogen and oxygen atoms in total. The van der Waals surface area contributed by atoms with E-state index in [2.05, 4.69) is 4.98 Å². The van der Waals surface area contributed by atoms with Crippen LogP contribution in [0.5, 0.6) is 11.5 Å². The number of amides is 1. The Morgan fingerprint density at radius 3 is 2.93 bits per heavy atom. The van der Waals surface area contributed by atoms with Crippen molar-refractivity contribution in [1.82, 2.24) is 4.98 Å². The number of thiazole rings is 1. The Balaban J connectivity index is 1.45. The second kappa shape index (κ2) is 7.82. The van der Waals surface area contributed by atoms with Crippen LogP contribution >= 0.6 is 22.9 Å². The highest BCUT2D eigenvalue weighted by Crippen LogP contribution is 2.34. The first-order valence-corrected chi connectivity index (χ1v) is 10.7. The molecule has 0 N–H and O–H groups in total. The van der Waals surface area contributed by atoms with Gasteiger partial charge in [0.15, 0.2) is 16.6 Å². The lowest BCUT2D eigenvalue weighted by atomic mass is 10.2. The Labute approximate surface area is 177 Å². The topological polar surface area (TPSA) is 60.9 Å². The molecule has 0 spiro atoms. The zero-order valence-corrected chi connectivity index (χ0v) is 17.1. The molecule has 0 aliphatic carbocycles. The zero-order valence-electron chi connectivity index (χ0n) is 15.5. The van der Waals surface area contributed by atoms with Gasteiger partial charge in [0.2, 0.25) is 6.10 Å². The maximum absolute atomic E-state index is 13.4. The van der Waals surface area contributed by atoms with Crippen LogP contribution in [-0.2, 0) is 9.53 Å². The van der Waals surface area contributed by atoms with E-state index in [-0.39, 0.29) is 18.6 Å². The van der Waals surface area contributed by atoms with Gasteiger partial charge in [-0.25, -0.2) is 4.98 Å². The lowest BCUT2D eigenvalue weighted by Gasteiger charge is -2.30. The summed E-state index contributed by atoms with van der Waals surface area (Å²) in [5, 5.41) is 1.26. The first kappa shape index (κ1) is 18.7. The summed E-state index contributed by atoms with van der Waals surface area (Å²) >= 11 is 7.56. The highest BCUT2D eigenvalue weighted by Gasteiger charge is 2.35. The van der Waals surface area contributed by atoms with Gasteiger partial charge in [0.05, 0.1) is 22.9 Å². The normalized spacial score (nSPS) is 20.7. The van der Waals surface area contributed by atoms with Crippen LogP contribution in [-0.4, -0.2) is 42.9 Å². The first-order chi connectivity index (χ1) is 14.2. The lowest BCUT2D eigenvalue weighted by Crippen LogP contribution is -2.48. The predicted octanol–water partition coefficient (Wildman–Crippen LogP) is 4.30. The Hall–Kier alpha value is -2.35. The Morgan fingerprint density at radius 2 is 2.10 bits per heavy atom. The SMILES string of the molecule is O=C(C1COc2ccccc2O1)N(CC1CCCO1)c1nc2ccc(Cl)cc2s1. The average Bonchev–Trinajstić information content (AvgIpc) is 3.40. The van der Waals surface area contributed by atoms with Crippen LogP contribution in [0.1, 0.15) is 12.8 Å². The summed E-state index contributed by atoms with van der Waals surface area (Å²) in [6.45, 7) is 1.32. The summed E-state index contributed by atoms with van der Waals surface area (Å²) in [4.78, 5) is 19.8. The van der Waals surface area contributed by atoms with E-state index in [1.165, 1.54) is 11.3 Å². The number of hydrogen-bond acceptors (Lipinski definition) is 6. The van der Waals surface area contributed by atoms with Gasteiger partial charge in [-0.3, -0.25) is 9.69 Å². The molecule has 2 atom stereocenters. The minimum Gasteiger partial charge on any atom is -0.485 e. The van der Waals surface area contributed by atoms with Gasteiger partial charge in [-0.15, -0.1) is 0 Å². The summed E-state index contributed by atoms with van der Waals surface area (Å²) in [7, 11) is 0. The number of carbonyl (C=O) groups is 1. The zero-order chi connectivity index (χ0) is 19.8. The molecule has 2 unspecified atom stereocenters. The highest BCUT2D eigenvalue weighted by molar-refractivity contribution is 7.22. The molecule has 0 saturated carbocycles. The van der Waals surface area contributed by atoms with E-state index in [1.54, 1.807) is 17.0 Å². The van der Waals surface area contributed by atoms with Crippen LogP contribution < -0.4 is 14.4 Å². The van der Waals surface area contributed by atoms with Gasteiger partial charge in [-0.2, -0.15) is 0 Å². The molecule has 1 fully saturated rings. The third-order valence-electron chi connectivity index (χ3n) is 5.03. The van der Waals surface area contributed by atoms with Crippen LogP contribution in [0.2, 0.25) is 5.02 Å². The van der Waals surface area contributed by atoms with Crippen LogP contribution in [0.25, 0.3) is 10.2 Å². The Kier molecular flexibility index (Phi) is 5.03. The molecule has 150 valence electrons. The smallest absolute Gasteiger partial charge is 0.273 e. The van der Waals surface area contributed by atoms with Gasteiger partial charge in [-0.1, -0.05) is 35.1 Å². The van der Waals surface area contributed by atoms with Gasteiger partial charge in [-0.05, 0) is 43.2 Å². The van der Waals surface area contributed by atoms with Gasteiger partial charge in [0.25, 0.3) is 5.91 Å². The van der Waals surface area contributed by atoms with Crippen LogP contribution in [0, 0.1) is 0 Å². The molecule has 2 aliphatic heterocycles. The summed E-state index contributed by atoms with van der Waals surface area (Å²) < 4.78 is 18.4. The van der Waals surface area contributed by atoms with Crippen molar-refractivity contribution < 1.29 is 19.0 Å². The largest absolute Gasteiger partial charge is 0.485 e. The number of para-hydroxylation sites is 2. The van der Waals surface area contributed by atoms with E-state index in [0.717, 1.165) is 29.7 Å². The van der Waals surface area contributed by atoms with Crippen LogP contribution in [0.4, 0.5) is 5.13 Å². The molecule has 0 bridgehead atoms. The van der Waals surface area contributed by atoms with E-state index in [1.807, 2.05) is 30.3 Å². The summed E-state index contributed by atoms with van der Waals surface area (Å²) in [6.07, 6.45) is 1.18. The minimum atomic E-state index is -0.734. The van der Waals surface area contributed by atoms with Crippen LogP contribution in [0.15, 0.2) is 42.5 Å². The van der Waals surface area contributed by atoms with Gasteiger partial charge in [0, 0.05) is 11.6 Å². The predicted molar refractivity (Wildman–Crippen MR) is 112 cm³/mol. The third kappa shape index (κ3) is 3.77. The highest BCUT2D eigenvalue weighted by atomic mass is 35.5. The molecule has 3 heterocycles. The third-order valence-corrected chi connectivity index (χ3v) is 6.31. The van der Waals surface area contributed by atoms with Crippen molar-refractivity contribution >= 4 is 44.2 Å². The van der Waals surface area contributed by atoms with E-state index >= 15 is 0 Å². The fourth-order valence-electron chi connectivity index (χ4n) is 3.57. The van der Waals surface area contributed by atoms with Crippen molar-refractivity contribution in [3.05, 3.63) is 47.5 Å². The second-order valence-electron chi connectivity index (χ2n) is 7.06. The second-order valence-corrected chi connectivity index (χ2v) is 8.50. The molecular weight excluding hydrogens is 412 g/mol. The molecule has 3 aromatic rings. The van der Waals surface area contributed by atoms with Crippen molar-refractivity contribution in [1.29, 1.82) is 0 Å². The molecule has 2 aromatic carbocycles. The maximum atomic E-state index is 13.4. The number of fused-ring (bicyclic) bond motifs is 2. The van der Waals surface area contributed by atoms with Crippen LogP contribution in [0.3, 0.4) is 0 Å². The molecule has 1 saturated heterocycles. The number of hydrogen-bond donors (Lipinski definition) is 0. The Morgan fingerprint density at radius 1 is 1.24 bits per heavy atom. The number of carbonyl (C=O) groups excluding carboxylic acids is 1. The number of ether oxygens (including phenoxy) is 3. The molecular formula is C21H19ClN2O4S. The number of nitrogens with zero attached hydrogens (tertiary/aromatic N) is 2. The lowest BCUT2D eigenvalue weighted by molar-refractivity contribution is -0.128. The summed E-state index contributed by atoms with van der Waals surface area (Å²) in [5.74, 6) is 1.04. The van der Waals surface area contributed by atoms with E-state index in [9.17, 15) is 4.79 Å². The fourth-order valence-corrected chi connectivity index (χ4v) is 4.83. The number of aromatic nitrogens is 1. The molecule has 0 radical (unpaired) electrons. The molecule has 5 rings (SSSR count). The maximum Gasteiger partial charge on any atom is 0.273 e.